The van der Waals surface area contributed by atoms with Gasteiger partial charge in [0.1, 0.15) is 11.9 Å². The lowest BCUT2D eigenvalue weighted by atomic mass is 10.1. The molecule has 0 aliphatic heterocycles. The highest BCUT2D eigenvalue weighted by Crippen LogP contribution is 2.36. The summed E-state index contributed by atoms with van der Waals surface area (Å²) in [7, 11) is 1.99. The van der Waals surface area contributed by atoms with E-state index in [1.165, 1.54) is 12.8 Å². The molecule has 2 nitrogen and oxygen atoms in total. The van der Waals surface area contributed by atoms with Gasteiger partial charge >= 0.3 is 0 Å². The van der Waals surface area contributed by atoms with Crippen LogP contribution in [0.1, 0.15) is 19.3 Å². The van der Waals surface area contributed by atoms with Crippen molar-refractivity contribution in [3.8, 4) is 5.75 Å². The fourth-order valence-electron chi connectivity index (χ4n) is 1.82. The minimum Gasteiger partial charge on any atom is -0.490 e. The van der Waals surface area contributed by atoms with E-state index in [1.807, 2.05) is 37.4 Å². The Balaban J connectivity index is 1.88. The van der Waals surface area contributed by atoms with Crippen molar-refractivity contribution in [3.63, 3.8) is 0 Å². The van der Waals surface area contributed by atoms with Gasteiger partial charge in [0.05, 0.1) is 0 Å². The molecule has 1 N–H and O–H groups in total. The highest BCUT2D eigenvalue weighted by atomic mass is 16.5. The van der Waals surface area contributed by atoms with E-state index in [4.69, 9.17) is 4.74 Å². The van der Waals surface area contributed by atoms with Crippen molar-refractivity contribution in [2.24, 2.45) is 5.92 Å². The Hall–Kier alpha value is -1.02. The van der Waals surface area contributed by atoms with Crippen LogP contribution < -0.4 is 10.1 Å². The number of para-hydroxylation sites is 1. The first-order valence-electron chi connectivity index (χ1n) is 5.76. The van der Waals surface area contributed by atoms with Gasteiger partial charge in [0, 0.05) is 0 Å². The molecule has 0 heterocycles. The van der Waals surface area contributed by atoms with Crippen LogP contribution in [0.2, 0.25) is 0 Å². The van der Waals surface area contributed by atoms with Crippen LogP contribution in [0.15, 0.2) is 30.3 Å². The fraction of sp³-hybridized carbons (Fsp3) is 0.538. The van der Waals surface area contributed by atoms with Gasteiger partial charge in [-0.2, -0.15) is 0 Å². The zero-order valence-electron chi connectivity index (χ0n) is 9.28. The molecule has 1 atom stereocenters. The third-order valence-electron chi connectivity index (χ3n) is 2.86. The standard InChI is InChI=1S/C13H19NO/c1-14-10-9-13(11-7-8-11)15-12-5-3-2-4-6-12/h2-6,11,13-14H,7-10H2,1H3. The van der Waals surface area contributed by atoms with E-state index in [0.29, 0.717) is 6.10 Å². The summed E-state index contributed by atoms with van der Waals surface area (Å²) >= 11 is 0. The van der Waals surface area contributed by atoms with Gasteiger partial charge in [0.25, 0.3) is 0 Å². The van der Waals surface area contributed by atoms with E-state index in [9.17, 15) is 0 Å². The van der Waals surface area contributed by atoms with Crippen molar-refractivity contribution in [3.05, 3.63) is 30.3 Å². The highest BCUT2D eigenvalue weighted by molar-refractivity contribution is 5.21. The molecule has 1 unspecified atom stereocenters. The molecule has 0 saturated heterocycles. The Morgan fingerprint density at radius 2 is 2.07 bits per heavy atom. The molecule has 15 heavy (non-hydrogen) atoms. The van der Waals surface area contributed by atoms with Gasteiger partial charge in [0.2, 0.25) is 0 Å². The molecule has 1 fully saturated rings. The van der Waals surface area contributed by atoms with E-state index in [2.05, 4.69) is 5.32 Å². The number of hydrogen-bond donors (Lipinski definition) is 1. The highest BCUT2D eigenvalue weighted by Gasteiger charge is 2.32. The maximum Gasteiger partial charge on any atom is 0.119 e. The summed E-state index contributed by atoms with van der Waals surface area (Å²) in [6.07, 6.45) is 4.18. The Kier molecular flexibility index (Phi) is 3.62. The second kappa shape index (κ2) is 5.17. The molecule has 0 bridgehead atoms. The third kappa shape index (κ3) is 3.24. The predicted molar refractivity (Wildman–Crippen MR) is 62.1 cm³/mol. The molecule has 0 aromatic heterocycles. The Morgan fingerprint density at radius 1 is 1.33 bits per heavy atom. The van der Waals surface area contributed by atoms with Gasteiger partial charge in [-0.25, -0.2) is 0 Å². The first-order valence-corrected chi connectivity index (χ1v) is 5.76. The van der Waals surface area contributed by atoms with Gasteiger partial charge in [-0.05, 0) is 50.9 Å². The van der Waals surface area contributed by atoms with Crippen molar-refractivity contribution in [2.45, 2.75) is 25.4 Å². The number of nitrogens with one attached hydrogen (secondary N) is 1. The topological polar surface area (TPSA) is 21.3 Å². The van der Waals surface area contributed by atoms with Gasteiger partial charge in [0.15, 0.2) is 0 Å². The van der Waals surface area contributed by atoms with E-state index in [-0.39, 0.29) is 0 Å². The van der Waals surface area contributed by atoms with Crippen LogP contribution in [0.4, 0.5) is 0 Å². The van der Waals surface area contributed by atoms with Crippen LogP contribution in [0.5, 0.6) is 5.75 Å². The summed E-state index contributed by atoms with van der Waals surface area (Å²) in [4.78, 5) is 0. The SMILES string of the molecule is CNCCC(Oc1ccccc1)C1CC1. The predicted octanol–water partition coefficient (Wildman–Crippen LogP) is 2.45. The molecule has 82 valence electrons. The molecule has 1 aliphatic rings. The molecule has 0 spiro atoms. The summed E-state index contributed by atoms with van der Waals surface area (Å²) in [6, 6.07) is 10.1. The van der Waals surface area contributed by atoms with Crippen LogP contribution in [-0.4, -0.2) is 19.7 Å². The summed E-state index contributed by atoms with van der Waals surface area (Å²) < 4.78 is 6.00. The monoisotopic (exact) mass is 205 g/mol. The number of hydrogen-bond acceptors (Lipinski definition) is 2. The first kappa shape index (κ1) is 10.5. The summed E-state index contributed by atoms with van der Waals surface area (Å²) in [5, 5.41) is 3.19. The minimum atomic E-state index is 0.403. The molecule has 1 saturated carbocycles. The van der Waals surface area contributed by atoms with Crippen LogP contribution in [0.25, 0.3) is 0 Å². The van der Waals surface area contributed by atoms with Crippen molar-refractivity contribution < 1.29 is 4.74 Å². The summed E-state index contributed by atoms with van der Waals surface area (Å²) in [5.74, 6) is 1.80. The van der Waals surface area contributed by atoms with Crippen LogP contribution in [-0.2, 0) is 0 Å². The summed E-state index contributed by atoms with van der Waals surface area (Å²) in [6.45, 7) is 1.04. The van der Waals surface area contributed by atoms with Crippen molar-refractivity contribution in [2.75, 3.05) is 13.6 Å². The Morgan fingerprint density at radius 3 is 2.67 bits per heavy atom. The fourth-order valence-corrected chi connectivity index (χ4v) is 1.82. The zero-order valence-corrected chi connectivity index (χ0v) is 9.28. The van der Waals surface area contributed by atoms with Crippen LogP contribution in [0, 0.1) is 5.92 Å². The molecule has 0 amide bonds. The second-order valence-corrected chi connectivity index (χ2v) is 4.20. The molecule has 1 aromatic rings. The molecule has 2 rings (SSSR count). The quantitative estimate of drug-likeness (QED) is 0.770. The lowest BCUT2D eigenvalue weighted by molar-refractivity contribution is 0.168. The number of benzene rings is 1. The molecule has 1 aromatic carbocycles. The van der Waals surface area contributed by atoms with Crippen molar-refractivity contribution in [1.29, 1.82) is 0 Å². The number of rotatable bonds is 6. The average molecular weight is 205 g/mol. The minimum absolute atomic E-state index is 0.403. The molecule has 0 radical (unpaired) electrons. The van der Waals surface area contributed by atoms with E-state index in [0.717, 1.165) is 24.6 Å². The third-order valence-corrected chi connectivity index (χ3v) is 2.86. The largest absolute Gasteiger partial charge is 0.490 e. The van der Waals surface area contributed by atoms with E-state index >= 15 is 0 Å². The summed E-state index contributed by atoms with van der Waals surface area (Å²) in [5.41, 5.74) is 0. The lowest BCUT2D eigenvalue weighted by Crippen LogP contribution is -2.24. The average Bonchev–Trinajstić information content (AvgIpc) is 3.09. The Labute approximate surface area is 91.6 Å². The van der Waals surface area contributed by atoms with Crippen LogP contribution in [0.3, 0.4) is 0 Å². The molecule has 2 heteroatoms. The van der Waals surface area contributed by atoms with E-state index in [1.54, 1.807) is 0 Å². The maximum absolute atomic E-state index is 6.00. The van der Waals surface area contributed by atoms with Crippen molar-refractivity contribution in [1.82, 2.24) is 5.32 Å². The van der Waals surface area contributed by atoms with Crippen molar-refractivity contribution >= 4 is 0 Å². The second-order valence-electron chi connectivity index (χ2n) is 4.20. The van der Waals surface area contributed by atoms with Crippen LogP contribution >= 0.6 is 0 Å². The lowest BCUT2D eigenvalue weighted by Gasteiger charge is -2.18. The normalized spacial score (nSPS) is 17.4. The van der Waals surface area contributed by atoms with Gasteiger partial charge in [-0.15, -0.1) is 0 Å². The Bertz CT molecular complexity index is 282. The van der Waals surface area contributed by atoms with Gasteiger partial charge in [-0.3, -0.25) is 0 Å². The number of ether oxygens (including phenoxy) is 1. The molecule has 1 aliphatic carbocycles. The van der Waals surface area contributed by atoms with E-state index < -0.39 is 0 Å². The maximum atomic E-state index is 6.00. The first-order chi connectivity index (χ1) is 7.40. The smallest absolute Gasteiger partial charge is 0.119 e. The molecular weight excluding hydrogens is 186 g/mol. The molecular formula is C13H19NO. The van der Waals surface area contributed by atoms with Gasteiger partial charge < -0.3 is 10.1 Å². The van der Waals surface area contributed by atoms with Gasteiger partial charge in [-0.1, -0.05) is 18.2 Å². The zero-order chi connectivity index (χ0) is 10.5.